The van der Waals surface area contributed by atoms with Gasteiger partial charge >= 0.3 is 34.7 Å². The molecule has 1 saturated heterocycles. The van der Waals surface area contributed by atoms with Crippen molar-refractivity contribution in [3.05, 3.63) is 75.8 Å². The van der Waals surface area contributed by atoms with E-state index in [4.69, 9.17) is 10.2 Å². The average Bonchev–Trinajstić information content (AvgIpc) is 2.82. The zero-order valence-electron chi connectivity index (χ0n) is 17.8. The maximum absolute atomic E-state index is 11.6. The molecular weight excluding hydrogens is 492 g/mol. The smallest absolute Gasteiger partial charge is 0.336 e. The number of benzene rings is 2. The number of piperazine rings is 1. The molecular formula is C18H14N6O12. The summed E-state index contributed by atoms with van der Waals surface area (Å²) in [5, 5.41) is 64.6. The van der Waals surface area contributed by atoms with Gasteiger partial charge in [0.1, 0.15) is 0 Å². The number of carboxylic acid groups (broad SMARTS) is 2. The Hall–Kier alpha value is -5.42. The molecule has 1 heterocycles. The van der Waals surface area contributed by atoms with Crippen LogP contribution in [0, 0.1) is 40.5 Å². The number of carbonyl (C=O) groups is 2. The Labute approximate surface area is 198 Å². The highest BCUT2D eigenvalue weighted by atomic mass is 16.6. The van der Waals surface area contributed by atoms with Crippen LogP contribution in [0.25, 0.3) is 0 Å². The van der Waals surface area contributed by atoms with Crippen molar-refractivity contribution in [1.82, 2.24) is 0 Å². The number of aromatic carboxylic acids is 2. The molecule has 3 rings (SSSR count). The lowest BCUT2D eigenvalue weighted by Gasteiger charge is -2.36. The highest BCUT2D eigenvalue weighted by Gasteiger charge is 2.37. The van der Waals surface area contributed by atoms with Crippen LogP contribution in [-0.2, 0) is 0 Å². The van der Waals surface area contributed by atoms with Crippen molar-refractivity contribution in [3.63, 3.8) is 0 Å². The molecule has 0 saturated carbocycles. The van der Waals surface area contributed by atoms with Gasteiger partial charge in [0.2, 0.25) is 0 Å². The summed E-state index contributed by atoms with van der Waals surface area (Å²) in [7, 11) is 0. The molecule has 1 aliphatic rings. The minimum Gasteiger partial charge on any atom is -0.478 e. The van der Waals surface area contributed by atoms with E-state index in [1.807, 2.05) is 0 Å². The molecule has 1 aliphatic heterocycles. The largest absolute Gasteiger partial charge is 0.478 e. The van der Waals surface area contributed by atoms with E-state index in [9.17, 15) is 50.0 Å². The number of nitro groups is 4. The third kappa shape index (κ3) is 4.62. The molecule has 18 nitrogen and oxygen atoms in total. The second-order valence-corrected chi connectivity index (χ2v) is 7.34. The normalized spacial score (nSPS) is 13.2. The van der Waals surface area contributed by atoms with E-state index in [0.717, 1.165) is 0 Å². The Bertz CT molecular complexity index is 1160. The van der Waals surface area contributed by atoms with Crippen LogP contribution in [0.3, 0.4) is 0 Å². The summed E-state index contributed by atoms with van der Waals surface area (Å²) in [5.41, 5.74) is -5.73. The summed E-state index contributed by atoms with van der Waals surface area (Å²) in [6, 6.07) is 2.66. The SMILES string of the molecule is O=C(O)c1cc([N+](=O)[O-])c(N2CCN(c3c([N+](=O)[O-])cc(C(=O)O)cc3[N+](=O)[O-])CC2)c([N+](=O)[O-])c1. The Balaban J connectivity index is 2.06. The van der Waals surface area contributed by atoms with E-state index in [2.05, 4.69) is 0 Å². The van der Waals surface area contributed by atoms with Crippen LogP contribution in [0.15, 0.2) is 24.3 Å². The van der Waals surface area contributed by atoms with Gasteiger partial charge in [-0.05, 0) is 0 Å². The maximum Gasteiger partial charge on any atom is 0.336 e. The van der Waals surface area contributed by atoms with Crippen molar-refractivity contribution in [2.24, 2.45) is 0 Å². The Morgan fingerprint density at radius 2 is 0.806 bits per heavy atom. The number of hydrogen-bond acceptors (Lipinski definition) is 12. The minimum absolute atomic E-state index is 0.233. The van der Waals surface area contributed by atoms with E-state index in [0.29, 0.717) is 24.3 Å². The number of nitrogens with zero attached hydrogens (tertiary/aromatic N) is 6. The lowest BCUT2D eigenvalue weighted by atomic mass is 10.1. The molecule has 36 heavy (non-hydrogen) atoms. The topological polar surface area (TPSA) is 254 Å². The molecule has 1 fully saturated rings. The highest BCUT2D eigenvalue weighted by Crippen LogP contribution is 2.42. The fourth-order valence-electron chi connectivity index (χ4n) is 3.81. The summed E-state index contributed by atoms with van der Waals surface area (Å²) in [6.45, 7) is -0.932. The Morgan fingerprint density at radius 1 is 0.583 bits per heavy atom. The van der Waals surface area contributed by atoms with Gasteiger partial charge in [-0.2, -0.15) is 0 Å². The molecule has 0 atom stereocenters. The first-order valence-electron chi connectivity index (χ1n) is 9.73. The van der Waals surface area contributed by atoms with E-state index >= 15 is 0 Å². The first-order chi connectivity index (χ1) is 16.8. The van der Waals surface area contributed by atoms with Gasteiger partial charge in [0.05, 0.1) is 30.8 Å². The van der Waals surface area contributed by atoms with Crippen LogP contribution in [0.5, 0.6) is 0 Å². The third-order valence-electron chi connectivity index (χ3n) is 5.33. The lowest BCUT2D eigenvalue weighted by Crippen LogP contribution is -2.47. The zero-order valence-corrected chi connectivity index (χ0v) is 17.8. The Morgan fingerprint density at radius 3 is 0.972 bits per heavy atom. The van der Waals surface area contributed by atoms with Crippen molar-refractivity contribution in [2.45, 2.75) is 0 Å². The molecule has 18 heteroatoms. The van der Waals surface area contributed by atoms with Crippen LogP contribution >= 0.6 is 0 Å². The zero-order chi connectivity index (χ0) is 26.9. The average molecular weight is 506 g/mol. The van der Waals surface area contributed by atoms with Crippen molar-refractivity contribution in [2.75, 3.05) is 36.0 Å². The number of anilines is 2. The molecule has 0 amide bonds. The summed E-state index contributed by atoms with van der Waals surface area (Å²) >= 11 is 0. The van der Waals surface area contributed by atoms with Gasteiger partial charge in [-0.15, -0.1) is 0 Å². The minimum atomic E-state index is -1.62. The van der Waals surface area contributed by atoms with Crippen molar-refractivity contribution >= 4 is 46.1 Å². The molecule has 0 spiro atoms. The quantitative estimate of drug-likeness (QED) is 0.384. The van der Waals surface area contributed by atoms with Crippen molar-refractivity contribution in [1.29, 1.82) is 0 Å². The summed E-state index contributed by atoms with van der Waals surface area (Å²) < 4.78 is 0. The van der Waals surface area contributed by atoms with Gasteiger partial charge in [0, 0.05) is 50.4 Å². The van der Waals surface area contributed by atoms with Gasteiger partial charge in [0.25, 0.3) is 0 Å². The van der Waals surface area contributed by atoms with E-state index in [-0.39, 0.29) is 26.2 Å². The van der Waals surface area contributed by atoms with Gasteiger partial charge in [-0.1, -0.05) is 0 Å². The fraction of sp³-hybridized carbons (Fsp3) is 0.222. The molecule has 0 aliphatic carbocycles. The van der Waals surface area contributed by atoms with Crippen molar-refractivity contribution in [3.8, 4) is 0 Å². The molecule has 0 unspecified atom stereocenters. The van der Waals surface area contributed by atoms with Gasteiger partial charge in [0.15, 0.2) is 11.4 Å². The van der Waals surface area contributed by atoms with Crippen LogP contribution in [0.2, 0.25) is 0 Å². The Kier molecular flexibility index (Phi) is 6.61. The summed E-state index contributed by atoms with van der Waals surface area (Å²) in [6.07, 6.45) is 0. The molecule has 2 aromatic rings. The number of rotatable bonds is 8. The molecule has 2 N–H and O–H groups in total. The monoisotopic (exact) mass is 506 g/mol. The lowest BCUT2D eigenvalue weighted by molar-refractivity contribution is -0.393. The molecule has 0 aromatic heterocycles. The first-order valence-corrected chi connectivity index (χ1v) is 9.73. The third-order valence-corrected chi connectivity index (χ3v) is 5.33. The summed E-state index contributed by atoms with van der Waals surface area (Å²) in [4.78, 5) is 67.3. The number of nitro benzene ring substituents is 4. The second-order valence-electron chi connectivity index (χ2n) is 7.34. The van der Waals surface area contributed by atoms with Gasteiger partial charge in [-0.25, -0.2) is 9.59 Å². The van der Waals surface area contributed by atoms with E-state index < -0.39 is 76.9 Å². The second kappa shape index (κ2) is 9.44. The van der Waals surface area contributed by atoms with Crippen molar-refractivity contribution < 1.29 is 39.5 Å². The number of carboxylic acids is 2. The molecule has 0 bridgehead atoms. The van der Waals surface area contributed by atoms with Gasteiger partial charge in [-0.3, -0.25) is 40.5 Å². The van der Waals surface area contributed by atoms with Crippen LogP contribution in [0.1, 0.15) is 20.7 Å². The first kappa shape index (κ1) is 25.2. The predicted molar refractivity (Wildman–Crippen MR) is 118 cm³/mol. The number of hydrogen-bond donors (Lipinski definition) is 2. The van der Waals surface area contributed by atoms with Gasteiger partial charge < -0.3 is 20.0 Å². The molecule has 2 aromatic carbocycles. The highest BCUT2D eigenvalue weighted by molar-refractivity contribution is 5.94. The van der Waals surface area contributed by atoms with Crippen LogP contribution in [0.4, 0.5) is 34.1 Å². The predicted octanol–water partition coefficient (Wildman–Crippen LogP) is 2.04. The van der Waals surface area contributed by atoms with E-state index in [1.165, 1.54) is 9.80 Å². The van der Waals surface area contributed by atoms with Crippen LogP contribution < -0.4 is 9.80 Å². The van der Waals surface area contributed by atoms with E-state index in [1.54, 1.807) is 0 Å². The fourth-order valence-corrected chi connectivity index (χ4v) is 3.81. The molecule has 188 valence electrons. The maximum atomic E-state index is 11.6. The van der Waals surface area contributed by atoms with Crippen LogP contribution in [-0.4, -0.2) is 68.0 Å². The standard InChI is InChI=1S/C18H14N6O12/c25-17(26)9-5-11(21(29)30)15(12(6-9)22(31)32)19-1-2-20(4-3-19)16-13(23(33)34)7-10(18(27)28)8-14(16)24(35)36/h5-8H,1-4H2,(H,25,26)(H,27,28). The molecule has 0 radical (unpaired) electrons. The summed E-state index contributed by atoms with van der Waals surface area (Å²) in [5.74, 6) is -3.25.